The predicted molar refractivity (Wildman–Crippen MR) is 75.0 cm³/mol. The number of H-pyrrole nitrogens is 1. The van der Waals surface area contributed by atoms with Gasteiger partial charge in [-0.05, 0) is 13.8 Å². The van der Waals surface area contributed by atoms with Crippen molar-refractivity contribution in [2.45, 2.75) is 13.8 Å². The number of aromatic nitrogens is 1. The summed E-state index contributed by atoms with van der Waals surface area (Å²) in [6.45, 7) is 3.24. The fraction of sp³-hybridized carbons (Fsp3) is 0.364. The zero-order valence-corrected chi connectivity index (χ0v) is 11.8. The summed E-state index contributed by atoms with van der Waals surface area (Å²) >= 11 is 0. The molecule has 2 amide bonds. The molecule has 11 nitrogen and oxygen atoms in total. The molecule has 0 spiro atoms. The van der Waals surface area contributed by atoms with Gasteiger partial charge in [-0.2, -0.15) is 0 Å². The number of amides is 2. The molecule has 1 rings (SSSR count). The smallest absolute Gasteiger partial charge is 0.412 e. The first-order valence-electron chi connectivity index (χ1n) is 6.18. The van der Waals surface area contributed by atoms with Crippen LogP contribution < -0.4 is 16.1 Å². The molecule has 0 aliphatic heterocycles. The zero-order valence-electron chi connectivity index (χ0n) is 11.8. The van der Waals surface area contributed by atoms with Gasteiger partial charge in [-0.1, -0.05) is 0 Å². The zero-order chi connectivity index (χ0) is 16.7. The maximum Gasteiger partial charge on any atom is 0.412 e. The molecule has 0 atom stereocenters. The lowest BCUT2D eigenvalue weighted by molar-refractivity contribution is -0.385. The molecule has 0 saturated heterocycles. The van der Waals surface area contributed by atoms with Gasteiger partial charge in [0.2, 0.25) is 0 Å². The molecule has 0 fully saturated rings. The van der Waals surface area contributed by atoms with Gasteiger partial charge in [0.05, 0.1) is 18.1 Å². The van der Waals surface area contributed by atoms with Crippen LogP contribution in [-0.2, 0) is 9.47 Å². The minimum absolute atomic E-state index is 0.0324. The summed E-state index contributed by atoms with van der Waals surface area (Å²) in [4.78, 5) is 46.6. The molecule has 0 bridgehead atoms. The first-order valence-corrected chi connectivity index (χ1v) is 6.18. The van der Waals surface area contributed by atoms with E-state index in [1.54, 1.807) is 6.92 Å². The third-order valence-electron chi connectivity index (χ3n) is 2.20. The van der Waals surface area contributed by atoms with Crippen molar-refractivity contribution in [1.29, 1.82) is 0 Å². The summed E-state index contributed by atoms with van der Waals surface area (Å²) in [5, 5.41) is 15.1. The van der Waals surface area contributed by atoms with E-state index in [1.165, 1.54) is 6.92 Å². The topological polar surface area (TPSA) is 153 Å². The van der Waals surface area contributed by atoms with Gasteiger partial charge in [0.25, 0.3) is 5.43 Å². The Hall–Kier alpha value is -3.11. The summed E-state index contributed by atoms with van der Waals surface area (Å²) in [5.74, 6) is -0.691. The summed E-state index contributed by atoms with van der Waals surface area (Å²) in [5.41, 5.74) is -1.90. The standard InChI is InChI=1S/C11H14N4O7/c1-3-21-10(17)13-7-5-6(16)8(15(19)20)9(12-7)14-11(18)22-4-2/h5H,3-4H2,1-2H3,(H3,12,13,14,16,17,18). The van der Waals surface area contributed by atoms with E-state index >= 15 is 0 Å². The van der Waals surface area contributed by atoms with Gasteiger partial charge in [0.1, 0.15) is 5.82 Å². The molecule has 3 N–H and O–H groups in total. The van der Waals surface area contributed by atoms with Crippen LogP contribution in [0.1, 0.15) is 13.8 Å². The van der Waals surface area contributed by atoms with E-state index in [4.69, 9.17) is 0 Å². The highest BCUT2D eigenvalue weighted by Crippen LogP contribution is 2.19. The van der Waals surface area contributed by atoms with Crippen molar-refractivity contribution in [1.82, 2.24) is 4.98 Å². The van der Waals surface area contributed by atoms with Crippen LogP contribution in [0.2, 0.25) is 0 Å². The molecule has 0 aromatic carbocycles. The van der Waals surface area contributed by atoms with Crippen LogP contribution in [0.4, 0.5) is 26.9 Å². The molecule has 0 aliphatic carbocycles. The number of hydrogen-bond acceptors (Lipinski definition) is 7. The second kappa shape index (κ2) is 7.61. The fourth-order valence-corrected chi connectivity index (χ4v) is 1.44. The van der Waals surface area contributed by atoms with E-state index < -0.39 is 34.0 Å². The van der Waals surface area contributed by atoms with E-state index in [1.807, 2.05) is 5.32 Å². The average Bonchev–Trinajstić information content (AvgIpc) is 2.37. The first-order chi connectivity index (χ1) is 10.4. The van der Waals surface area contributed by atoms with Crippen molar-refractivity contribution >= 4 is 29.5 Å². The van der Waals surface area contributed by atoms with Crippen molar-refractivity contribution in [2.75, 3.05) is 23.8 Å². The molecule has 120 valence electrons. The van der Waals surface area contributed by atoms with Gasteiger partial charge in [-0.15, -0.1) is 0 Å². The Morgan fingerprint density at radius 3 is 2.27 bits per heavy atom. The second-order valence-corrected chi connectivity index (χ2v) is 3.72. The van der Waals surface area contributed by atoms with Crippen LogP contribution in [0.5, 0.6) is 0 Å². The minimum Gasteiger partial charge on any atom is -0.450 e. The molecule has 1 aromatic heterocycles. The maximum absolute atomic E-state index is 11.7. The summed E-state index contributed by atoms with van der Waals surface area (Å²) in [6, 6.07) is 0.797. The molecular weight excluding hydrogens is 300 g/mol. The normalized spacial score (nSPS) is 9.73. The van der Waals surface area contributed by atoms with Crippen molar-refractivity contribution in [3.05, 3.63) is 26.4 Å². The monoisotopic (exact) mass is 314 g/mol. The fourth-order valence-electron chi connectivity index (χ4n) is 1.44. The maximum atomic E-state index is 11.7. The molecule has 22 heavy (non-hydrogen) atoms. The number of anilines is 2. The van der Waals surface area contributed by atoms with E-state index in [0.717, 1.165) is 6.07 Å². The van der Waals surface area contributed by atoms with E-state index in [2.05, 4.69) is 19.8 Å². The van der Waals surface area contributed by atoms with Crippen molar-refractivity contribution in [2.24, 2.45) is 0 Å². The largest absolute Gasteiger partial charge is 0.450 e. The number of nitrogens with one attached hydrogen (secondary N) is 3. The number of pyridine rings is 1. The molecule has 11 heteroatoms. The Kier molecular flexibility index (Phi) is 5.86. The Bertz CT molecular complexity index is 640. The van der Waals surface area contributed by atoms with E-state index in [9.17, 15) is 24.5 Å². The highest BCUT2D eigenvalue weighted by atomic mass is 16.6. The summed E-state index contributed by atoms with van der Waals surface area (Å²) < 4.78 is 9.18. The second-order valence-electron chi connectivity index (χ2n) is 3.72. The number of carbonyl (C=O) groups excluding carboxylic acids is 2. The molecule has 1 aromatic rings. The number of carbonyl (C=O) groups is 2. The van der Waals surface area contributed by atoms with E-state index in [0.29, 0.717) is 0 Å². The number of nitrogens with zero attached hydrogens (tertiary/aromatic N) is 1. The SMILES string of the molecule is CCOC(=O)Nc1cc(=O)c([N+](=O)[O-])c(NC(=O)OCC)[nH]1. The number of ether oxygens (including phenoxy) is 2. The predicted octanol–water partition coefficient (Wildman–Crippen LogP) is 1.42. The van der Waals surface area contributed by atoms with Crippen LogP contribution in [0.25, 0.3) is 0 Å². The van der Waals surface area contributed by atoms with Gasteiger partial charge in [-0.25, -0.2) is 9.59 Å². The number of nitro groups is 1. The Balaban J connectivity index is 3.16. The molecule has 0 aliphatic rings. The van der Waals surface area contributed by atoms with Gasteiger partial charge in [0.15, 0.2) is 5.82 Å². The van der Waals surface area contributed by atoms with Gasteiger partial charge in [0, 0.05) is 6.07 Å². The van der Waals surface area contributed by atoms with Crippen LogP contribution in [0, 0.1) is 10.1 Å². The summed E-state index contributed by atoms with van der Waals surface area (Å²) in [6.07, 6.45) is -1.86. The lowest BCUT2D eigenvalue weighted by Gasteiger charge is -2.09. The number of rotatable bonds is 5. The van der Waals surface area contributed by atoms with Crippen LogP contribution in [0.3, 0.4) is 0 Å². The lowest BCUT2D eigenvalue weighted by Crippen LogP contribution is -2.22. The number of hydrogen-bond donors (Lipinski definition) is 3. The Morgan fingerprint density at radius 1 is 1.23 bits per heavy atom. The quantitative estimate of drug-likeness (QED) is 0.548. The number of aromatic amines is 1. The van der Waals surface area contributed by atoms with Crippen LogP contribution in [0.15, 0.2) is 10.9 Å². The Labute approximate surface area is 123 Å². The molecule has 1 heterocycles. The van der Waals surface area contributed by atoms with Gasteiger partial charge in [-0.3, -0.25) is 25.5 Å². The third-order valence-corrected chi connectivity index (χ3v) is 2.20. The van der Waals surface area contributed by atoms with Gasteiger partial charge < -0.3 is 14.5 Å². The highest BCUT2D eigenvalue weighted by Gasteiger charge is 2.23. The molecule has 0 unspecified atom stereocenters. The molecular formula is C11H14N4O7. The van der Waals surface area contributed by atoms with Crippen LogP contribution >= 0.6 is 0 Å². The molecule has 0 saturated carbocycles. The third kappa shape index (κ3) is 4.47. The summed E-state index contributed by atoms with van der Waals surface area (Å²) in [7, 11) is 0. The van der Waals surface area contributed by atoms with E-state index in [-0.39, 0.29) is 19.0 Å². The minimum atomic E-state index is -1.01. The Morgan fingerprint density at radius 2 is 1.77 bits per heavy atom. The van der Waals surface area contributed by atoms with Crippen molar-refractivity contribution in [3.63, 3.8) is 0 Å². The van der Waals surface area contributed by atoms with Gasteiger partial charge >= 0.3 is 17.9 Å². The highest BCUT2D eigenvalue weighted by molar-refractivity contribution is 5.88. The molecule has 0 radical (unpaired) electrons. The van der Waals surface area contributed by atoms with Crippen molar-refractivity contribution in [3.8, 4) is 0 Å². The van der Waals surface area contributed by atoms with Crippen molar-refractivity contribution < 1.29 is 24.0 Å². The lowest BCUT2D eigenvalue weighted by atomic mass is 10.3. The van der Waals surface area contributed by atoms with Crippen LogP contribution in [-0.4, -0.2) is 35.3 Å². The average molecular weight is 314 g/mol. The first kappa shape index (κ1) is 16.9.